The summed E-state index contributed by atoms with van der Waals surface area (Å²) in [5, 5.41) is 12.9. The first-order valence-corrected chi connectivity index (χ1v) is 7.92. The molecule has 1 aromatic carbocycles. The number of hydrogen-bond acceptors (Lipinski definition) is 3. The smallest absolute Gasteiger partial charge is 0.230 e. The van der Waals surface area contributed by atoms with E-state index < -0.39 is 6.10 Å². The Balaban J connectivity index is 2.17. The highest BCUT2D eigenvalue weighted by Gasteiger charge is 2.06. The second-order valence-corrected chi connectivity index (χ2v) is 5.79. The fourth-order valence-corrected chi connectivity index (χ4v) is 2.62. The number of hydrogen-bond donors (Lipinski definition) is 2. The van der Waals surface area contributed by atoms with E-state index in [1.165, 1.54) is 11.8 Å². The molecule has 2 N–H and O–H groups in total. The summed E-state index contributed by atoms with van der Waals surface area (Å²) >= 11 is 7.42. The fourth-order valence-electron chi connectivity index (χ4n) is 1.61. The zero-order valence-corrected chi connectivity index (χ0v) is 12.6. The van der Waals surface area contributed by atoms with Crippen molar-refractivity contribution in [2.45, 2.75) is 31.6 Å². The van der Waals surface area contributed by atoms with E-state index in [0.717, 1.165) is 24.2 Å². The van der Waals surface area contributed by atoms with Crippen molar-refractivity contribution in [2.75, 3.05) is 12.3 Å². The molecule has 0 aliphatic rings. The van der Waals surface area contributed by atoms with Crippen LogP contribution < -0.4 is 5.32 Å². The van der Waals surface area contributed by atoms with Crippen molar-refractivity contribution >= 4 is 29.3 Å². The lowest BCUT2D eigenvalue weighted by molar-refractivity contribution is -0.119. The number of carbonyl (C=O) groups excluding carboxylic acids is 1. The highest BCUT2D eigenvalue weighted by Crippen LogP contribution is 2.16. The van der Waals surface area contributed by atoms with Crippen LogP contribution in [-0.4, -0.2) is 29.4 Å². The maximum atomic E-state index is 11.5. The van der Waals surface area contributed by atoms with Crippen LogP contribution in [0.2, 0.25) is 5.02 Å². The SMILES string of the molecule is CCCC(O)CNC(=O)CSCc1cccc(Cl)c1. The van der Waals surface area contributed by atoms with Crippen LogP contribution in [0, 0.1) is 0 Å². The first-order chi connectivity index (χ1) is 9.11. The lowest BCUT2D eigenvalue weighted by atomic mass is 10.2. The Labute approximate surface area is 123 Å². The molecule has 0 bridgehead atoms. The van der Waals surface area contributed by atoms with Gasteiger partial charge in [-0.2, -0.15) is 0 Å². The summed E-state index contributed by atoms with van der Waals surface area (Å²) in [6, 6.07) is 7.62. The molecule has 5 heteroatoms. The Bertz CT molecular complexity index is 401. The number of halogens is 1. The number of aliphatic hydroxyl groups is 1. The summed E-state index contributed by atoms with van der Waals surface area (Å²) in [7, 11) is 0. The standard InChI is InChI=1S/C14H20ClNO2S/c1-2-4-13(17)8-16-14(18)10-19-9-11-5-3-6-12(15)7-11/h3,5-7,13,17H,2,4,8-10H2,1H3,(H,16,18). The van der Waals surface area contributed by atoms with Crippen LogP contribution in [0.5, 0.6) is 0 Å². The molecule has 0 heterocycles. The molecule has 1 amide bonds. The van der Waals surface area contributed by atoms with Crippen molar-refractivity contribution < 1.29 is 9.90 Å². The van der Waals surface area contributed by atoms with Gasteiger partial charge in [-0.05, 0) is 24.1 Å². The van der Waals surface area contributed by atoms with Gasteiger partial charge in [-0.1, -0.05) is 37.1 Å². The van der Waals surface area contributed by atoms with Crippen LogP contribution in [-0.2, 0) is 10.5 Å². The molecule has 19 heavy (non-hydrogen) atoms. The van der Waals surface area contributed by atoms with Gasteiger partial charge in [0.15, 0.2) is 0 Å². The number of carbonyl (C=O) groups is 1. The third-order valence-electron chi connectivity index (χ3n) is 2.55. The van der Waals surface area contributed by atoms with E-state index in [1.54, 1.807) is 0 Å². The van der Waals surface area contributed by atoms with E-state index in [0.29, 0.717) is 17.3 Å². The van der Waals surface area contributed by atoms with Gasteiger partial charge in [0, 0.05) is 17.3 Å². The lowest BCUT2D eigenvalue weighted by Gasteiger charge is -2.10. The molecule has 0 aromatic heterocycles. The van der Waals surface area contributed by atoms with Gasteiger partial charge in [-0.3, -0.25) is 4.79 Å². The van der Waals surface area contributed by atoms with Gasteiger partial charge in [0.2, 0.25) is 5.91 Å². The Kier molecular flexibility index (Phi) is 7.94. The molecular formula is C14H20ClNO2S. The highest BCUT2D eigenvalue weighted by molar-refractivity contribution is 7.99. The van der Waals surface area contributed by atoms with Crippen molar-refractivity contribution in [1.82, 2.24) is 5.32 Å². The third kappa shape index (κ3) is 7.45. The molecule has 1 atom stereocenters. The Morgan fingerprint density at radius 3 is 3.00 bits per heavy atom. The molecule has 0 saturated heterocycles. The minimum Gasteiger partial charge on any atom is -0.391 e. The number of benzene rings is 1. The van der Waals surface area contributed by atoms with Crippen molar-refractivity contribution in [3.05, 3.63) is 34.9 Å². The quantitative estimate of drug-likeness (QED) is 0.776. The van der Waals surface area contributed by atoms with Crippen molar-refractivity contribution in [1.29, 1.82) is 0 Å². The van der Waals surface area contributed by atoms with E-state index >= 15 is 0 Å². The summed E-state index contributed by atoms with van der Waals surface area (Å²) in [6.45, 7) is 2.34. The van der Waals surface area contributed by atoms with Crippen LogP contribution >= 0.6 is 23.4 Å². The van der Waals surface area contributed by atoms with E-state index in [4.69, 9.17) is 11.6 Å². The topological polar surface area (TPSA) is 49.3 Å². The number of thioether (sulfide) groups is 1. The van der Waals surface area contributed by atoms with Gasteiger partial charge in [0.1, 0.15) is 0 Å². The Morgan fingerprint density at radius 1 is 1.53 bits per heavy atom. The molecule has 0 aliphatic carbocycles. The van der Waals surface area contributed by atoms with Gasteiger partial charge < -0.3 is 10.4 Å². The zero-order valence-electron chi connectivity index (χ0n) is 11.1. The third-order valence-corrected chi connectivity index (χ3v) is 3.79. The lowest BCUT2D eigenvalue weighted by Crippen LogP contribution is -2.33. The monoisotopic (exact) mass is 301 g/mol. The van der Waals surface area contributed by atoms with E-state index in [2.05, 4.69) is 5.32 Å². The van der Waals surface area contributed by atoms with E-state index in [1.807, 2.05) is 31.2 Å². The number of amides is 1. The Hall–Kier alpha value is -0.710. The molecule has 1 aromatic rings. The summed E-state index contributed by atoms with van der Waals surface area (Å²) < 4.78 is 0. The molecule has 0 fully saturated rings. The predicted octanol–water partition coefficient (Wildman–Crippen LogP) is 2.85. The maximum absolute atomic E-state index is 11.5. The van der Waals surface area contributed by atoms with Gasteiger partial charge in [-0.25, -0.2) is 0 Å². The zero-order chi connectivity index (χ0) is 14.1. The molecule has 1 rings (SSSR count). The average molecular weight is 302 g/mol. The van der Waals surface area contributed by atoms with Crippen LogP contribution in [0.3, 0.4) is 0 Å². The van der Waals surface area contributed by atoms with Gasteiger partial charge in [0.05, 0.1) is 11.9 Å². The molecule has 0 spiro atoms. The summed E-state index contributed by atoms with van der Waals surface area (Å²) in [5.41, 5.74) is 1.11. The molecule has 0 radical (unpaired) electrons. The molecule has 106 valence electrons. The first-order valence-electron chi connectivity index (χ1n) is 6.38. The van der Waals surface area contributed by atoms with Crippen molar-refractivity contribution in [2.24, 2.45) is 0 Å². The van der Waals surface area contributed by atoms with E-state index in [9.17, 15) is 9.90 Å². The summed E-state index contributed by atoms with van der Waals surface area (Å²) in [6.07, 6.45) is 1.20. The molecule has 0 aliphatic heterocycles. The summed E-state index contributed by atoms with van der Waals surface area (Å²) in [4.78, 5) is 11.5. The minimum atomic E-state index is -0.438. The number of rotatable bonds is 8. The van der Waals surface area contributed by atoms with Crippen LogP contribution in [0.15, 0.2) is 24.3 Å². The second-order valence-electron chi connectivity index (χ2n) is 4.37. The normalized spacial score (nSPS) is 12.2. The van der Waals surface area contributed by atoms with Crippen molar-refractivity contribution in [3.8, 4) is 0 Å². The minimum absolute atomic E-state index is 0.0396. The van der Waals surface area contributed by atoms with E-state index in [-0.39, 0.29) is 5.91 Å². The van der Waals surface area contributed by atoms with Gasteiger partial charge in [-0.15, -0.1) is 11.8 Å². The average Bonchev–Trinajstić information content (AvgIpc) is 2.37. The first kappa shape index (κ1) is 16.3. The Morgan fingerprint density at radius 2 is 2.32 bits per heavy atom. The van der Waals surface area contributed by atoms with Crippen molar-refractivity contribution in [3.63, 3.8) is 0 Å². The predicted molar refractivity (Wildman–Crippen MR) is 81.5 cm³/mol. The number of aliphatic hydroxyl groups excluding tert-OH is 1. The molecule has 3 nitrogen and oxygen atoms in total. The molecule has 1 unspecified atom stereocenters. The molecule has 0 saturated carbocycles. The number of nitrogens with one attached hydrogen (secondary N) is 1. The van der Waals surface area contributed by atoms with Gasteiger partial charge in [0.25, 0.3) is 0 Å². The largest absolute Gasteiger partial charge is 0.391 e. The van der Waals surface area contributed by atoms with Crippen LogP contribution in [0.1, 0.15) is 25.3 Å². The highest BCUT2D eigenvalue weighted by atomic mass is 35.5. The van der Waals surface area contributed by atoms with Gasteiger partial charge >= 0.3 is 0 Å². The summed E-state index contributed by atoms with van der Waals surface area (Å²) in [5.74, 6) is 1.11. The van der Waals surface area contributed by atoms with Crippen LogP contribution in [0.4, 0.5) is 0 Å². The molecular weight excluding hydrogens is 282 g/mol. The fraction of sp³-hybridized carbons (Fsp3) is 0.500. The maximum Gasteiger partial charge on any atom is 0.230 e. The second kappa shape index (κ2) is 9.23. The van der Waals surface area contributed by atoms with Crippen LogP contribution in [0.25, 0.3) is 0 Å².